The van der Waals surface area contributed by atoms with E-state index < -0.39 is 11.9 Å². The summed E-state index contributed by atoms with van der Waals surface area (Å²) in [5, 5.41) is 20.5. The number of aliphatic hydroxyl groups is 1. The van der Waals surface area contributed by atoms with Crippen molar-refractivity contribution in [2.24, 2.45) is 0 Å². The Balaban J connectivity index is 1.42. The maximum absolute atomic E-state index is 12.9. The molecule has 1 aliphatic rings. The Bertz CT molecular complexity index is 1040. The predicted molar refractivity (Wildman–Crippen MR) is 108 cm³/mol. The van der Waals surface area contributed by atoms with Crippen LogP contribution in [0.4, 0.5) is 5.82 Å². The highest BCUT2D eigenvalue weighted by Crippen LogP contribution is 2.21. The van der Waals surface area contributed by atoms with E-state index >= 15 is 0 Å². The van der Waals surface area contributed by atoms with Crippen LogP contribution in [-0.4, -0.2) is 61.2 Å². The number of benzene rings is 1. The van der Waals surface area contributed by atoms with E-state index in [1.807, 2.05) is 30.3 Å². The van der Waals surface area contributed by atoms with Crippen LogP contribution in [0.2, 0.25) is 0 Å². The van der Waals surface area contributed by atoms with E-state index in [1.165, 1.54) is 11.2 Å². The number of aryl methyl sites for hydroxylation is 1. The molecule has 1 aromatic carbocycles. The lowest BCUT2D eigenvalue weighted by molar-refractivity contribution is -0.120. The molecule has 3 heterocycles. The number of likely N-dealkylation sites (N-methyl/N-ethyl adjacent to an activating group) is 1. The summed E-state index contributed by atoms with van der Waals surface area (Å²) in [6.07, 6.45) is 2.33. The van der Waals surface area contributed by atoms with Gasteiger partial charge in [-0.1, -0.05) is 30.3 Å². The first-order chi connectivity index (χ1) is 14.5. The summed E-state index contributed by atoms with van der Waals surface area (Å²) in [7, 11) is 1.65. The standard InChI is InChI=1S/C20H23N7O3/c1-25-17-11-15(8-10-28)23-27(17)9-7-16(20(25)30)22-19(29)18-21-13-26(24-18)12-14-5-3-2-4-6-14/h2-6,11,13,16,28H,7-10,12H2,1H3,(H,22,29)/t16-/m1/s1. The van der Waals surface area contributed by atoms with E-state index in [0.717, 1.165) is 11.3 Å². The quantitative estimate of drug-likeness (QED) is 0.601. The van der Waals surface area contributed by atoms with Crippen LogP contribution in [0, 0.1) is 0 Å². The van der Waals surface area contributed by atoms with Gasteiger partial charge in [-0.05, 0) is 12.0 Å². The van der Waals surface area contributed by atoms with E-state index in [-0.39, 0.29) is 18.3 Å². The monoisotopic (exact) mass is 409 g/mol. The summed E-state index contributed by atoms with van der Waals surface area (Å²) in [6.45, 7) is 0.970. The zero-order chi connectivity index (χ0) is 21.1. The number of fused-ring (bicyclic) bond motifs is 1. The normalized spacial score (nSPS) is 16.3. The van der Waals surface area contributed by atoms with E-state index in [9.17, 15) is 9.59 Å². The number of nitrogens with zero attached hydrogens (tertiary/aromatic N) is 6. The van der Waals surface area contributed by atoms with Crippen molar-refractivity contribution in [2.45, 2.75) is 32.0 Å². The highest BCUT2D eigenvalue weighted by Gasteiger charge is 2.31. The number of hydrogen-bond acceptors (Lipinski definition) is 6. The third-order valence-electron chi connectivity index (χ3n) is 5.01. The topological polar surface area (TPSA) is 118 Å². The molecule has 2 N–H and O–H groups in total. The second-order valence-corrected chi connectivity index (χ2v) is 7.15. The van der Waals surface area contributed by atoms with Gasteiger partial charge in [-0.15, -0.1) is 5.10 Å². The molecule has 3 aromatic rings. The van der Waals surface area contributed by atoms with Crippen LogP contribution in [-0.2, 0) is 24.3 Å². The summed E-state index contributed by atoms with van der Waals surface area (Å²) in [5.74, 6) is -0.0607. The second kappa shape index (κ2) is 8.46. The highest BCUT2D eigenvalue weighted by molar-refractivity contribution is 6.00. The minimum Gasteiger partial charge on any atom is -0.396 e. The Morgan fingerprint density at radius 1 is 1.27 bits per heavy atom. The molecule has 1 atom stereocenters. The van der Waals surface area contributed by atoms with Gasteiger partial charge in [-0.3, -0.25) is 14.5 Å². The van der Waals surface area contributed by atoms with Gasteiger partial charge in [0, 0.05) is 32.7 Å². The molecule has 0 unspecified atom stereocenters. The van der Waals surface area contributed by atoms with Crippen LogP contribution >= 0.6 is 0 Å². The number of anilines is 1. The summed E-state index contributed by atoms with van der Waals surface area (Å²) < 4.78 is 3.31. The molecule has 2 amide bonds. The molecule has 156 valence electrons. The fourth-order valence-corrected chi connectivity index (χ4v) is 3.45. The average Bonchev–Trinajstić information content (AvgIpc) is 3.36. The lowest BCUT2D eigenvalue weighted by atomic mass is 10.2. The maximum atomic E-state index is 12.9. The summed E-state index contributed by atoms with van der Waals surface area (Å²) in [6, 6.07) is 10.8. The Labute approximate surface area is 173 Å². The van der Waals surface area contributed by atoms with Crippen molar-refractivity contribution in [1.82, 2.24) is 29.9 Å². The molecule has 30 heavy (non-hydrogen) atoms. The summed E-state index contributed by atoms with van der Waals surface area (Å²) in [4.78, 5) is 31.0. The van der Waals surface area contributed by atoms with Crippen molar-refractivity contribution in [3.05, 3.63) is 59.8 Å². The van der Waals surface area contributed by atoms with Gasteiger partial charge < -0.3 is 10.4 Å². The second-order valence-electron chi connectivity index (χ2n) is 7.15. The van der Waals surface area contributed by atoms with Crippen molar-refractivity contribution in [3.63, 3.8) is 0 Å². The molecule has 4 rings (SSSR count). The first-order valence-electron chi connectivity index (χ1n) is 9.74. The summed E-state index contributed by atoms with van der Waals surface area (Å²) >= 11 is 0. The van der Waals surface area contributed by atoms with Gasteiger partial charge in [-0.25, -0.2) is 14.3 Å². The molecule has 0 fully saturated rings. The Hall–Kier alpha value is -3.53. The van der Waals surface area contributed by atoms with Crippen LogP contribution in [0.25, 0.3) is 0 Å². The molecule has 0 aliphatic carbocycles. The van der Waals surface area contributed by atoms with Crippen molar-refractivity contribution >= 4 is 17.6 Å². The highest BCUT2D eigenvalue weighted by atomic mass is 16.3. The van der Waals surface area contributed by atoms with Crippen molar-refractivity contribution in [1.29, 1.82) is 0 Å². The Morgan fingerprint density at radius 3 is 2.83 bits per heavy atom. The van der Waals surface area contributed by atoms with Crippen molar-refractivity contribution < 1.29 is 14.7 Å². The van der Waals surface area contributed by atoms with Crippen LogP contribution < -0.4 is 10.2 Å². The maximum Gasteiger partial charge on any atom is 0.291 e. The van der Waals surface area contributed by atoms with Gasteiger partial charge in [-0.2, -0.15) is 5.10 Å². The number of carbonyl (C=O) groups excluding carboxylic acids is 2. The fraction of sp³-hybridized carbons (Fsp3) is 0.350. The smallest absolute Gasteiger partial charge is 0.291 e. The number of hydrogen-bond donors (Lipinski definition) is 2. The third kappa shape index (κ3) is 4.08. The molecule has 1 aliphatic heterocycles. The molecular weight excluding hydrogens is 386 g/mol. The number of rotatable bonds is 6. The lowest BCUT2D eigenvalue weighted by Crippen LogP contribution is -2.47. The van der Waals surface area contributed by atoms with Crippen LogP contribution in [0.1, 0.15) is 28.3 Å². The zero-order valence-corrected chi connectivity index (χ0v) is 16.6. The molecule has 0 bridgehead atoms. The lowest BCUT2D eigenvalue weighted by Gasteiger charge is -2.19. The van der Waals surface area contributed by atoms with Crippen LogP contribution in [0.5, 0.6) is 0 Å². The molecule has 10 nitrogen and oxygen atoms in total. The van der Waals surface area contributed by atoms with Crippen LogP contribution in [0.3, 0.4) is 0 Å². The first kappa shape index (κ1) is 19.8. The van der Waals surface area contributed by atoms with E-state index in [4.69, 9.17) is 5.11 Å². The SMILES string of the molecule is CN1C(=O)[C@H](NC(=O)c2ncn(Cc3ccccc3)n2)CCn2nc(CCO)cc21. The Kier molecular flexibility index (Phi) is 5.57. The van der Waals surface area contributed by atoms with E-state index in [0.29, 0.717) is 31.7 Å². The molecule has 10 heteroatoms. The number of nitrogens with one attached hydrogen (secondary N) is 1. The first-order valence-corrected chi connectivity index (χ1v) is 9.74. The van der Waals surface area contributed by atoms with Gasteiger partial charge in [0.15, 0.2) is 0 Å². The average molecular weight is 409 g/mol. The van der Waals surface area contributed by atoms with Gasteiger partial charge in [0.25, 0.3) is 11.8 Å². The van der Waals surface area contributed by atoms with Crippen molar-refractivity contribution in [3.8, 4) is 0 Å². The molecule has 0 spiro atoms. The Morgan fingerprint density at radius 2 is 2.07 bits per heavy atom. The van der Waals surface area contributed by atoms with E-state index in [1.54, 1.807) is 22.5 Å². The third-order valence-corrected chi connectivity index (χ3v) is 5.01. The number of amides is 2. The molecule has 0 saturated heterocycles. The van der Waals surface area contributed by atoms with Crippen LogP contribution in [0.15, 0.2) is 42.7 Å². The zero-order valence-electron chi connectivity index (χ0n) is 16.6. The largest absolute Gasteiger partial charge is 0.396 e. The van der Waals surface area contributed by atoms with E-state index in [2.05, 4.69) is 20.5 Å². The number of aliphatic hydroxyl groups excluding tert-OH is 1. The van der Waals surface area contributed by atoms with Gasteiger partial charge >= 0.3 is 0 Å². The van der Waals surface area contributed by atoms with Gasteiger partial charge in [0.1, 0.15) is 18.2 Å². The summed E-state index contributed by atoms with van der Waals surface area (Å²) in [5.41, 5.74) is 1.77. The fourth-order valence-electron chi connectivity index (χ4n) is 3.45. The number of carbonyl (C=O) groups is 2. The molecular formula is C20H23N7O3. The molecule has 0 saturated carbocycles. The molecule has 2 aromatic heterocycles. The molecule has 0 radical (unpaired) electrons. The predicted octanol–water partition coefficient (Wildman–Crippen LogP) is 0.223. The van der Waals surface area contributed by atoms with Gasteiger partial charge in [0.05, 0.1) is 12.2 Å². The minimum absolute atomic E-state index is 0.00326. The number of aromatic nitrogens is 5. The van der Waals surface area contributed by atoms with Gasteiger partial charge in [0.2, 0.25) is 5.82 Å². The van der Waals surface area contributed by atoms with Crippen molar-refractivity contribution in [2.75, 3.05) is 18.6 Å². The minimum atomic E-state index is -0.702.